The number of halogens is 1. The number of hydrogen-bond acceptors (Lipinski definition) is 6. The second-order valence-corrected chi connectivity index (χ2v) is 10.2. The topological polar surface area (TPSA) is 102 Å². The molecule has 0 unspecified atom stereocenters. The lowest BCUT2D eigenvalue weighted by Crippen LogP contribution is -2.30. The van der Waals surface area contributed by atoms with E-state index in [9.17, 15) is 18.6 Å². The van der Waals surface area contributed by atoms with Crippen LogP contribution < -0.4 is 4.72 Å². The molecule has 0 aliphatic heterocycles. The minimum atomic E-state index is -3.75. The first-order chi connectivity index (χ1) is 15.7. The van der Waals surface area contributed by atoms with Crippen LogP contribution in [-0.2, 0) is 10.0 Å². The van der Waals surface area contributed by atoms with Gasteiger partial charge in [-0.25, -0.2) is 13.1 Å². The van der Waals surface area contributed by atoms with E-state index in [1.165, 1.54) is 24.4 Å². The molecule has 3 aromatic rings. The molecule has 176 valence electrons. The van der Waals surface area contributed by atoms with Crippen LogP contribution >= 0.6 is 15.9 Å². The predicted molar refractivity (Wildman–Crippen MR) is 136 cm³/mol. The molecule has 0 heterocycles. The fourth-order valence-corrected chi connectivity index (χ4v) is 4.96. The van der Waals surface area contributed by atoms with E-state index in [0.717, 1.165) is 34.9 Å². The number of fused-ring (bicyclic) bond motifs is 1. The summed E-state index contributed by atoms with van der Waals surface area (Å²) in [6, 6.07) is 13.0. The summed E-state index contributed by atoms with van der Waals surface area (Å²) in [6.07, 6.45) is 2.12. The Labute approximate surface area is 203 Å². The van der Waals surface area contributed by atoms with E-state index in [0.29, 0.717) is 18.5 Å². The lowest BCUT2D eigenvalue weighted by molar-refractivity contribution is 0.300. The third kappa shape index (κ3) is 6.32. The molecular formula is C24H28BrN3O4S. The summed E-state index contributed by atoms with van der Waals surface area (Å²) in [4.78, 5) is 6.52. The molecule has 3 rings (SSSR count). The van der Waals surface area contributed by atoms with Crippen LogP contribution in [0.15, 0.2) is 62.9 Å². The second-order valence-electron chi connectivity index (χ2n) is 7.55. The van der Waals surface area contributed by atoms with E-state index in [-0.39, 0.29) is 22.1 Å². The second kappa shape index (κ2) is 11.1. The van der Waals surface area contributed by atoms with Crippen molar-refractivity contribution in [2.75, 3.05) is 26.2 Å². The lowest BCUT2D eigenvalue weighted by Gasteiger charge is -2.17. The summed E-state index contributed by atoms with van der Waals surface area (Å²) in [6.45, 7) is 7.12. The fraction of sp³-hybridized carbons (Fsp3) is 0.292. The van der Waals surface area contributed by atoms with E-state index in [1.54, 1.807) is 12.1 Å². The number of aromatic hydroxyl groups is 2. The molecule has 0 amide bonds. The standard InChI is InChI=1S/C24H28BrN3O4S/c1-3-28(4-2)13-5-12-27-33(31,32)19-8-11-24(30)22(15-19)26-16-21-20-9-7-18(25)14-17(20)6-10-23(21)29/h6-11,14-16,27,29-30H,3-5,12-13H2,1-2H3. The molecule has 0 aromatic heterocycles. The minimum absolute atomic E-state index is 0.0151. The summed E-state index contributed by atoms with van der Waals surface area (Å²) >= 11 is 3.43. The highest BCUT2D eigenvalue weighted by Crippen LogP contribution is 2.32. The van der Waals surface area contributed by atoms with Crippen molar-refractivity contribution in [3.63, 3.8) is 0 Å². The number of aliphatic imine (C=N–C) groups is 1. The number of rotatable bonds is 10. The monoisotopic (exact) mass is 533 g/mol. The molecule has 0 spiro atoms. The predicted octanol–water partition coefficient (Wildman–Crippen LogP) is 4.77. The quantitative estimate of drug-likeness (QED) is 0.257. The molecule has 0 atom stereocenters. The summed E-state index contributed by atoms with van der Waals surface area (Å²) in [5.74, 6) is -0.124. The number of nitrogens with one attached hydrogen (secondary N) is 1. The van der Waals surface area contributed by atoms with Crippen molar-refractivity contribution < 1.29 is 18.6 Å². The summed E-state index contributed by atoms with van der Waals surface area (Å²) in [5.41, 5.74) is 0.566. The van der Waals surface area contributed by atoms with Crippen molar-refractivity contribution >= 4 is 48.6 Å². The van der Waals surface area contributed by atoms with E-state index < -0.39 is 10.0 Å². The van der Waals surface area contributed by atoms with Gasteiger partial charge in [0.25, 0.3) is 0 Å². The van der Waals surface area contributed by atoms with Crippen molar-refractivity contribution in [3.05, 3.63) is 58.6 Å². The van der Waals surface area contributed by atoms with Crippen molar-refractivity contribution in [1.82, 2.24) is 9.62 Å². The molecule has 0 radical (unpaired) electrons. The average Bonchev–Trinajstić information content (AvgIpc) is 2.79. The molecule has 7 nitrogen and oxygen atoms in total. The first kappa shape index (κ1) is 25.2. The Morgan fingerprint density at radius 2 is 1.76 bits per heavy atom. The molecule has 3 aromatic carbocycles. The molecule has 3 N–H and O–H groups in total. The van der Waals surface area contributed by atoms with Crippen molar-refractivity contribution in [2.45, 2.75) is 25.2 Å². The molecule has 9 heteroatoms. The first-order valence-electron chi connectivity index (χ1n) is 10.8. The Hall–Kier alpha value is -2.46. The summed E-state index contributed by atoms with van der Waals surface area (Å²) < 4.78 is 28.9. The normalized spacial score (nSPS) is 12.2. The number of phenols is 2. The van der Waals surface area contributed by atoms with Gasteiger partial charge in [0.1, 0.15) is 17.2 Å². The van der Waals surface area contributed by atoms with E-state index in [1.807, 2.05) is 18.2 Å². The number of sulfonamides is 1. The first-order valence-corrected chi connectivity index (χ1v) is 13.0. The summed E-state index contributed by atoms with van der Waals surface area (Å²) in [5, 5.41) is 22.2. The van der Waals surface area contributed by atoms with Gasteiger partial charge in [0, 0.05) is 22.8 Å². The van der Waals surface area contributed by atoms with Gasteiger partial charge in [-0.05, 0) is 73.2 Å². The van der Waals surface area contributed by atoms with Crippen LogP contribution in [0.3, 0.4) is 0 Å². The Kier molecular flexibility index (Phi) is 8.47. The number of phenolic OH excluding ortho intramolecular Hbond substituents is 2. The van der Waals surface area contributed by atoms with Crippen LogP contribution in [-0.4, -0.2) is 55.9 Å². The number of nitrogens with zero attached hydrogens (tertiary/aromatic N) is 2. The SMILES string of the molecule is CCN(CC)CCCNS(=O)(=O)c1ccc(O)c(N=Cc2c(O)ccc3cc(Br)ccc23)c1. The van der Waals surface area contributed by atoms with Crippen LogP contribution in [0.1, 0.15) is 25.8 Å². The largest absolute Gasteiger partial charge is 0.507 e. The van der Waals surface area contributed by atoms with E-state index >= 15 is 0 Å². The third-order valence-electron chi connectivity index (χ3n) is 5.43. The van der Waals surface area contributed by atoms with Crippen molar-refractivity contribution in [1.29, 1.82) is 0 Å². The molecule has 0 bridgehead atoms. The van der Waals surface area contributed by atoms with E-state index in [2.05, 4.69) is 44.4 Å². The maximum Gasteiger partial charge on any atom is 0.240 e. The molecular weight excluding hydrogens is 506 g/mol. The van der Waals surface area contributed by atoms with Gasteiger partial charge in [-0.3, -0.25) is 4.99 Å². The van der Waals surface area contributed by atoms with Gasteiger partial charge in [0.2, 0.25) is 10.0 Å². The molecule has 0 saturated carbocycles. The number of hydrogen-bond donors (Lipinski definition) is 3. The Balaban J connectivity index is 1.82. The van der Waals surface area contributed by atoms with Gasteiger partial charge in [-0.2, -0.15) is 0 Å². The van der Waals surface area contributed by atoms with Gasteiger partial charge < -0.3 is 15.1 Å². The van der Waals surface area contributed by atoms with Crippen LogP contribution in [0.25, 0.3) is 10.8 Å². The minimum Gasteiger partial charge on any atom is -0.507 e. The Bertz CT molecular complexity index is 1260. The zero-order valence-corrected chi connectivity index (χ0v) is 21.0. The highest BCUT2D eigenvalue weighted by Gasteiger charge is 2.16. The molecule has 33 heavy (non-hydrogen) atoms. The highest BCUT2D eigenvalue weighted by molar-refractivity contribution is 9.10. The molecule has 0 aliphatic carbocycles. The maximum absolute atomic E-state index is 12.7. The van der Waals surface area contributed by atoms with E-state index in [4.69, 9.17) is 0 Å². The maximum atomic E-state index is 12.7. The van der Waals surface area contributed by atoms with Gasteiger partial charge >= 0.3 is 0 Å². The van der Waals surface area contributed by atoms with Crippen LogP contribution in [0.2, 0.25) is 0 Å². The molecule has 0 saturated heterocycles. The smallest absolute Gasteiger partial charge is 0.240 e. The third-order valence-corrected chi connectivity index (χ3v) is 7.38. The average molecular weight is 534 g/mol. The number of benzene rings is 3. The van der Waals surface area contributed by atoms with Gasteiger partial charge in [-0.15, -0.1) is 0 Å². The van der Waals surface area contributed by atoms with Gasteiger partial charge in [0.15, 0.2) is 0 Å². The lowest BCUT2D eigenvalue weighted by atomic mass is 10.0. The van der Waals surface area contributed by atoms with Crippen LogP contribution in [0.4, 0.5) is 5.69 Å². The Morgan fingerprint density at radius 1 is 1.03 bits per heavy atom. The summed E-state index contributed by atoms with van der Waals surface area (Å²) in [7, 11) is -3.75. The van der Waals surface area contributed by atoms with Crippen LogP contribution in [0, 0.1) is 0 Å². The Morgan fingerprint density at radius 3 is 2.48 bits per heavy atom. The van der Waals surface area contributed by atoms with Gasteiger partial charge in [-0.1, -0.05) is 41.9 Å². The molecule has 0 aliphatic rings. The van der Waals surface area contributed by atoms with Gasteiger partial charge in [0.05, 0.1) is 4.90 Å². The zero-order chi connectivity index (χ0) is 24.0. The zero-order valence-electron chi connectivity index (χ0n) is 18.6. The highest BCUT2D eigenvalue weighted by atomic mass is 79.9. The molecule has 0 fully saturated rings. The van der Waals surface area contributed by atoms with Crippen molar-refractivity contribution in [2.24, 2.45) is 4.99 Å². The van der Waals surface area contributed by atoms with Crippen LogP contribution in [0.5, 0.6) is 11.5 Å². The fourth-order valence-electron chi connectivity index (χ4n) is 3.49. The van der Waals surface area contributed by atoms with Crippen molar-refractivity contribution in [3.8, 4) is 11.5 Å².